The van der Waals surface area contributed by atoms with Gasteiger partial charge >= 0.3 is 0 Å². The third-order valence-electron chi connectivity index (χ3n) is 6.00. The first-order valence-corrected chi connectivity index (χ1v) is 13.0. The van der Waals surface area contributed by atoms with Gasteiger partial charge in [-0.2, -0.15) is 5.10 Å². The monoisotopic (exact) mass is 483 g/mol. The highest BCUT2D eigenvalue weighted by atomic mass is 35.5. The van der Waals surface area contributed by atoms with E-state index in [0.717, 1.165) is 10.9 Å². The second-order valence-corrected chi connectivity index (χ2v) is 11.6. The Morgan fingerprint density at radius 3 is 2.52 bits per heavy atom. The summed E-state index contributed by atoms with van der Waals surface area (Å²) in [7, 11) is -2.93. The van der Waals surface area contributed by atoms with Crippen LogP contribution in [0.4, 0.5) is 10.2 Å². The van der Waals surface area contributed by atoms with Crippen molar-refractivity contribution in [2.75, 3.05) is 30.3 Å². The second-order valence-electron chi connectivity index (χ2n) is 8.05. The van der Waals surface area contributed by atoms with Crippen molar-refractivity contribution in [1.29, 1.82) is 0 Å². The summed E-state index contributed by atoms with van der Waals surface area (Å²) in [5, 5.41) is 16.5. The molecule has 0 radical (unpaired) electrons. The number of benzene rings is 2. The van der Waals surface area contributed by atoms with Gasteiger partial charge in [-0.15, -0.1) is 10.2 Å². The molecule has 5 rings (SSSR count). The first-order chi connectivity index (χ1) is 15.9. The fourth-order valence-electron chi connectivity index (χ4n) is 4.22. The Labute approximate surface area is 194 Å². The minimum Gasteiger partial charge on any atom is -0.354 e. The Hall–Kier alpha value is -3.09. The summed E-state index contributed by atoms with van der Waals surface area (Å²) >= 11 is 5.81. The molecule has 0 bridgehead atoms. The number of rotatable bonds is 4. The molecule has 0 unspecified atom stereocenters. The number of aromatic amines is 1. The van der Waals surface area contributed by atoms with Gasteiger partial charge in [-0.3, -0.25) is 4.79 Å². The van der Waals surface area contributed by atoms with E-state index in [1.165, 1.54) is 6.07 Å². The fourth-order valence-corrected chi connectivity index (χ4v) is 7.02. The van der Waals surface area contributed by atoms with E-state index < -0.39 is 13.0 Å². The SMILES string of the molecule is O=c1[nH]nc(Cc2ccc(F)c(P3(=O)CCN(c4ccc(Cl)nn4)CC3)c2)c2ccccc12. The van der Waals surface area contributed by atoms with Gasteiger partial charge in [0.15, 0.2) is 11.0 Å². The first-order valence-electron chi connectivity index (χ1n) is 10.5. The molecule has 10 heteroatoms. The normalized spacial score (nSPS) is 15.6. The van der Waals surface area contributed by atoms with Crippen molar-refractivity contribution in [1.82, 2.24) is 20.4 Å². The van der Waals surface area contributed by atoms with Gasteiger partial charge < -0.3 is 9.46 Å². The lowest BCUT2D eigenvalue weighted by Gasteiger charge is -2.33. The summed E-state index contributed by atoms with van der Waals surface area (Å²) in [6, 6.07) is 15.4. The van der Waals surface area contributed by atoms with Crippen molar-refractivity contribution in [3.8, 4) is 0 Å². The predicted octanol–water partition coefficient (Wildman–Crippen LogP) is 3.61. The van der Waals surface area contributed by atoms with Crippen LogP contribution in [0.1, 0.15) is 11.3 Å². The molecule has 3 heterocycles. The minimum absolute atomic E-state index is 0.254. The maximum atomic E-state index is 14.8. The number of nitrogens with one attached hydrogen (secondary N) is 1. The summed E-state index contributed by atoms with van der Waals surface area (Å²) < 4.78 is 28.6. The molecule has 1 fully saturated rings. The number of halogens is 2. The lowest BCUT2D eigenvalue weighted by molar-refractivity contribution is 0.571. The Morgan fingerprint density at radius 2 is 1.79 bits per heavy atom. The van der Waals surface area contributed by atoms with Crippen LogP contribution in [-0.2, 0) is 11.0 Å². The predicted molar refractivity (Wildman–Crippen MR) is 128 cm³/mol. The minimum atomic E-state index is -2.93. The zero-order valence-corrected chi connectivity index (χ0v) is 19.2. The largest absolute Gasteiger partial charge is 0.354 e. The second kappa shape index (κ2) is 8.69. The molecular weight excluding hydrogens is 464 g/mol. The fraction of sp³-hybridized carbons (Fsp3) is 0.217. The van der Waals surface area contributed by atoms with Gasteiger partial charge in [-0.1, -0.05) is 35.9 Å². The van der Waals surface area contributed by atoms with E-state index in [-0.39, 0.29) is 10.9 Å². The van der Waals surface area contributed by atoms with Crippen molar-refractivity contribution in [2.24, 2.45) is 0 Å². The van der Waals surface area contributed by atoms with Gasteiger partial charge in [0.05, 0.1) is 11.1 Å². The van der Waals surface area contributed by atoms with Crippen LogP contribution in [0.25, 0.3) is 10.8 Å². The molecular formula is C23H20ClFN5O2P. The summed E-state index contributed by atoms with van der Waals surface area (Å²) in [5.74, 6) is 0.206. The van der Waals surface area contributed by atoms with E-state index in [1.807, 2.05) is 17.0 Å². The lowest BCUT2D eigenvalue weighted by Crippen LogP contribution is -2.38. The van der Waals surface area contributed by atoms with E-state index in [2.05, 4.69) is 20.4 Å². The lowest BCUT2D eigenvalue weighted by atomic mass is 10.0. The Kier molecular flexibility index (Phi) is 5.72. The summed E-state index contributed by atoms with van der Waals surface area (Å²) in [6.45, 7) is 0.979. The molecule has 0 spiro atoms. The summed E-state index contributed by atoms with van der Waals surface area (Å²) in [4.78, 5) is 14.0. The molecule has 1 aliphatic rings. The maximum Gasteiger partial charge on any atom is 0.272 e. The van der Waals surface area contributed by atoms with Gasteiger partial charge in [0, 0.05) is 42.5 Å². The quantitative estimate of drug-likeness (QED) is 0.446. The summed E-state index contributed by atoms with van der Waals surface area (Å²) in [6.07, 6.45) is 1.08. The Morgan fingerprint density at radius 1 is 1.03 bits per heavy atom. The standard InChI is InChI=1S/C23H20ClFN5O2P/c24-21-7-8-22(28-27-21)30-9-11-33(32,12-10-30)20-14-15(5-6-18(20)25)13-19-16-3-1-2-4-17(16)23(31)29-26-19/h1-8,14H,9-13H2,(H,29,31). The van der Waals surface area contributed by atoms with Gasteiger partial charge in [-0.05, 0) is 35.9 Å². The zero-order chi connectivity index (χ0) is 23.0. The van der Waals surface area contributed by atoms with Crippen molar-refractivity contribution >= 4 is 40.6 Å². The summed E-state index contributed by atoms with van der Waals surface area (Å²) in [5.41, 5.74) is 1.21. The molecule has 0 atom stereocenters. The number of hydrogen-bond acceptors (Lipinski definition) is 6. The van der Waals surface area contributed by atoms with Crippen LogP contribution < -0.4 is 15.8 Å². The molecule has 2 aromatic carbocycles. The van der Waals surface area contributed by atoms with Crippen LogP contribution >= 0.6 is 18.7 Å². The van der Waals surface area contributed by atoms with Gasteiger partial charge in [-0.25, -0.2) is 9.49 Å². The van der Waals surface area contributed by atoms with Crippen LogP contribution in [0.15, 0.2) is 59.4 Å². The Balaban J connectivity index is 1.40. The molecule has 1 saturated heterocycles. The molecule has 33 heavy (non-hydrogen) atoms. The number of anilines is 1. The van der Waals surface area contributed by atoms with E-state index in [4.69, 9.17) is 11.6 Å². The molecule has 0 saturated carbocycles. The number of nitrogens with zero attached hydrogens (tertiary/aromatic N) is 4. The van der Waals surface area contributed by atoms with E-state index in [0.29, 0.717) is 53.9 Å². The molecule has 168 valence electrons. The van der Waals surface area contributed by atoms with Crippen molar-refractivity contribution in [3.05, 3.63) is 87.2 Å². The number of fused-ring (bicyclic) bond motifs is 1. The third kappa shape index (κ3) is 4.28. The first kappa shape index (κ1) is 21.7. The highest BCUT2D eigenvalue weighted by Gasteiger charge is 2.33. The molecule has 1 aliphatic heterocycles. The maximum absolute atomic E-state index is 14.8. The number of H-pyrrole nitrogens is 1. The van der Waals surface area contributed by atoms with Crippen LogP contribution in [0.2, 0.25) is 5.15 Å². The highest BCUT2D eigenvalue weighted by Crippen LogP contribution is 2.47. The van der Waals surface area contributed by atoms with Gasteiger partial charge in [0.1, 0.15) is 13.0 Å². The van der Waals surface area contributed by atoms with E-state index >= 15 is 0 Å². The van der Waals surface area contributed by atoms with Gasteiger partial charge in [0.25, 0.3) is 5.56 Å². The van der Waals surface area contributed by atoms with Gasteiger partial charge in [0.2, 0.25) is 0 Å². The number of hydrogen-bond donors (Lipinski definition) is 1. The van der Waals surface area contributed by atoms with Crippen molar-refractivity contribution in [3.63, 3.8) is 0 Å². The van der Waals surface area contributed by atoms with E-state index in [9.17, 15) is 13.8 Å². The molecule has 7 nitrogen and oxygen atoms in total. The van der Waals surface area contributed by atoms with Crippen LogP contribution in [0.3, 0.4) is 0 Å². The highest BCUT2D eigenvalue weighted by molar-refractivity contribution is 7.71. The topological polar surface area (TPSA) is 91.8 Å². The van der Waals surface area contributed by atoms with E-state index in [1.54, 1.807) is 36.4 Å². The smallest absolute Gasteiger partial charge is 0.272 e. The number of aromatic nitrogens is 4. The van der Waals surface area contributed by atoms with Crippen LogP contribution in [-0.4, -0.2) is 45.8 Å². The van der Waals surface area contributed by atoms with Crippen molar-refractivity contribution in [2.45, 2.75) is 6.42 Å². The average Bonchev–Trinajstić information content (AvgIpc) is 2.83. The van der Waals surface area contributed by atoms with Crippen LogP contribution in [0.5, 0.6) is 0 Å². The molecule has 0 aliphatic carbocycles. The molecule has 0 amide bonds. The Bertz CT molecular complexity index is 1430. The van der Waals surface area contributed by atoms with Crippen molar-refractivity contribution < 1.29 is 8.96 Å². The molecule has 1 N–H and O–H groups in total. The third-order valence-corrected chi connectivity index (χ3v) is 9.27. The van der Waals surface area contributed by atoms with Crippen LogP contribution in [0, 0.1) is 5.82 Å². The average molecular weight is 484 g/mol. The molecule has 4 aromatic rings. The molecule has 2 aromatic heterocycles. The zero-order valence-electron chi connectivity index (χ0n) is 17.5.